The number of methoxy groups -OCH3 is 1. The van der Waals surface area contributed by atoms with Gasteiger partial charge in [0.1, 0.15) is 5.75 Å². The van der Waals surface area contributed by atoms with E-state index in [0.29, 0.717) is 6.61 Å². The summed E-state index contributed by atoms with van der Waals surface area (Å²) in [6, 6.07) is 19.9. The number of carboxylic acid groups (broad SMARTS) is 1. The first-order valence-electron chi connectivity index (χ1n) is 10.0. The highest BCUT2D eigenvalue weighted by molar-refractivity contribution is 6.22. The molecule has 0 saturated carbocycles. The molecule has 3 aromatic carbocycles. The van der Waals surface area contributed by atoms with Crippen molar-refractivity contribution in [3.05, 3.63) is 101 Å². The average Bonchev–Trinajstić information content (AvgIpc) is 3.07. The third-order valence-corrected chi connectivity index (χ3v) is 5.36. The molecule has 2 amide bonds. The van der Waals surface area contributed by atoms with Crippen LogP contribution < -0.4 is 4.74 Å². The highest BCUT2D eigenvalue weighted by Crippen LogP contribution is 2.32. The van der Waals surface area contributed by atoms with Gasteiger partial charge in [0, 0.05) is 0 Å². The van der Waals surface area contributed by atoms with Crippen molar-refractivity contribution in [3.63, 3.8) is 0 Å². The summed E-state index contributed by atoms with van der Waals surface area (Å²) < 4.78 is 11.1. The quantitative estimate of drug-likeness (QED) is 0.543. The van der Waals surface area contributed by atoms with Crippen LogP contribution >= 0.6 is 0 Å². The Hall–Kier alpha value is -3.97. The Morgan fingerprint density at radius 2 is 1.62 bits per heavy atom. The van der Waals surface area contributed by atoms with Crippen LogP contribution in [0.5, 0.6) is 5.75 Å². The Morgan fingerprint density at radius 1 is 0.938 bits per heavy atom. The van der Waals surface area contributed by atoms with Gasteiger partial charge in [0.05, 0.1) is 43.1 Å². The number of carbonyl (C=O) groups excluding carboxylic acids is 2. The number of benzene rings is 3. The lowest BCUT2D eigenvalue weighted by atomic mass is 10.1. The number of ether oxygens (including phenoxy) is 2. The van der Waals surface area contributed by atoms with Crippen LogP contribution in [-0.4, -0.2) is 41.5 Å². The molecule has 0 bridgehead atoms. The fourth-order valence-electron chi connectivity index (χ4n) is 3.68. The molecule has 0 fully saturated rings. The molecule has 1 atom stereocenters. The van der Waals surface area contributed by atoms with E-state index in [1.165, 1.54) is 18.2 Å². The van der Waals surface area contributed by atoms with E-state index in [0.717, 1.165) is 21.8 Å². The maximum absolute atomic E-state index is 13.1. The van der Waals surface area contributed by atoms with E-state index in [1.54, 1.807) is 7.11 Å². The molecule has 0 aromatic heterocycles. The van der Waals surface area contributed by atoms with Gasteiger partial charge in [0.2, 0.25) is 0 Å². The Labute approximate surface area is 184 Å². The molecule has 1 aliphatic heterocycles. The molecule has 0 spiro atoms. The van der Waals surface area contributed by atoms with E-state index in [1.807, 2.05) is 54.6 Å². The first-order valence-corrected chi connectivity index (χ1v) is 10.0. The minimum Gasteiger partial charge on any atom is -0.497 e. The lowest BCUT2D eigenvalue weighted by Gasteiger charge is -2.26. The molecule has 0 unspecified atom stereocenters. The minimum atomic E-state index is -1.16. The van der Waals surface area contributed by atoms with Crippen molar-refractivity contribution in [2.45, 2.75) is 12.6 Å². The maximum Gasteiger partial charge on any atom is 0.335 e. The Balaban J connectivity index is 1.58. The highest BCUT2D eigenvalue weighted by Gasteiger charge is 2.41. The number of imide groups is 1. The molecule has 162 valence electrons. The largest absolute Gasteiger partial charge is 0.497 e. The molecule has 4 rings (SSSR count). The van der Waals surface area contributed by atoms with Gasteiger partial charge < -0.3 is 14.6 Å². The molecule has 3 aromatic rings. The van der Waals surface area contributed by atoms with Crippen LogP contribution in [-0.2, 0) is 11.3 Å². The van der Waals surface area contributed by atoms with E-state index in [9.17, 15) is 19.5 Å². The summed E-state index contributed by atoms with van der Waals surface area (Å²) in [5, 5.41) is 9.24. The molecule has 1 aliphatic rings. The van der Waals surface area contributed by atoms with Gasteiger partial charge in [0.25, 0.3) is 11.8 Å². The molecule has 32 heavy (non-hydrogen) atoms. The molecule has 1 heterocycles. The van der Waals surface area contributed by atoms with Crippen molar-refractivity contribution >= 4 is 17.8 Å². The number of rotatable bonds is 8. The predicted molar refractivity (Wildman–Crippen MR) is 116 cm³/mol. The highest BCUT2D eigenvalue weighted by atomic mass is 16.5. The van der Waals surface area contributed by atoms with Crippen LogP contribution in [0.1, 0.15) is 48.2 Å². The Kier molecular flexibility index (Phi) is 6.00. The molecule has 0 aliphatic carbocycles. The van der Waals surface area contributed by atoms with Crippen molar-refractivity contribution in [2.24, 2.45) is 0 Å². The molecule has 0 saturated heterocycles. The second-order valence-electron chi connectivity index (χ2n) is 7.34. The normalized spacial score (nSPS) is 13.7. The van der Waals surface area contributed by atoms with Gasteiger partial charge in [-0.05, 0) is 41.5 Å². The van der Waals surface area contributed by atoms with E-state index < -0.39 is 23.8 Å². The fraction of sp³-hybridized carbons (Fsp3) is 0.160. The Morgan fingerprint density at radius 3 is 2.28 bits per heavy atom. The van der Waals surface area contributed by atoms with Crippen molar-refractivity contribution in [1.29, 1.82) is 0 Å². The summed E-state index contributed by atoms with van der Waals surface area (Å²) in [4.78, 5) is 38.7. The van der Waals surface area contributed by atoms with Crippen LogP contribution in [0.15, 0.2) is 72.8 Å². The third kappa shape index (κ3) is 4.10. The van der Waals surface area contributed by atoms with Gasteiger partial charge in [-0.3, -0.25) is 14.5 Å². The van der Waals surface area contributed by atoms with Crippen molar-refractivity contribution < 1.29 is 29.0 Å². The van der Waals surface area contributed by atoms with E-state index >= 15 is 0 Å². The van der Waals surface area contributed by atoms with Crippen molar-refractivity contribution in [1.82, 2.24) is 4.90 Å². The van der Waals surface area contributed by atoms with E-state index in [-0.39, 0.29) is 23.3 Å². The summed E-state index contributed by atoms with van der Waals surface area (Å²) in [6.07, 6.45) is 0. The predicted octanol–water partition coefficient (Wildman–Crippen LogP) is 3.95. The van der Waals surface area contributed by atoms with Gasteiger partial charge in [-0.2, -0.15) is 0 Å². The molecule has 7 nitrogen and oxygen atoms in total. The van der Waals surface area contributed by atoms with E-state index in [4.69, 9.17) is 9.47 Å². The van der Waals surface area contributed by atoms with Gasteiger partial charge >= 0.3 is 5.97 Å². The lowest BCUT2D eigenvalue weighted by molar-refractivity contribution is 0.0359. The monoisotopic (exact) mass is 431 g/mol. The number of hydrogen-bond acceptors (Lipinski definition) is 5. The number of carbonyl (C=O) groups is 3. The summed E-state index contributed by atoms with van der Waals surface area (Å²) in [5.41, 5.74) is 1.90. The number of amides is 2. The smallest absolute Gasteiger partial charge is 0.335 e. The first-order chi connectivity index (χ1) is 15.5. The summed E-state index contributed by atoms with van der Waals surface area (Å²) in [6.45, 7) is 0.382. The standard InChI is InChI=1S/C25H21NO6/c1-31-19-10-7-16(8-11-19)14-32-15-22(17-5-3-2-4-6-17)26-23(27)20-12-9-18(25(29)30)13-21(20)24(26)28/h2-13,22H,14-15H2,1H3,(H,29,30)/t22-/m1/s1. The van der Waals surface area contributed by atoms with Crippen molar-refractivity contribution in [3.8, 4) is 5.75 Å². The van der Waals surface area contributed by atoms with Crippen LogP contribution in [0, 0.1) is 0 Å². The summed E-state index contributed by atoms with van der Waals surface area (Å²) >= 11 is 0. The molecular weight excluding hydrogens is 410 g/mol. The van der Waals surface area contributed by atoms with Crippen LogP contribution in [0.3, 0.4) is 0 Å². The zero-order chi connectivity index (χ0) is 22.7. The maximum atomic E-state index is 13.1. The number of fused-ring (bicyclic) bond motifs is 1. The fourth-order valence-corrected chi connectivity index (χ4v) is 3.68. The number of hydrogen-bond donors (Lipinski definition) is 1. The number of nitrogens with zero attached hydrogens (tertiary/aromatic N) is 1. The molecule has 1 N–H and O–H groups in total. The second kappa shape index (κ2) is 9.03. The van der Waals surface area contributed by atoms with Crippen LogP contribution in [0.25, 0.3) is 0 Å². The summed E-state index contributed by atoms with van der Waals surface area (Å²) in [5.74, 6) is -1.42. The number of aromatic carboxylic acids is 1. The molecule has 7 heteroatoms. The number of carboxylic acids is 1. The third-order valence-electron chi connectivity index (χ3n) is 5.36. The molecule has 0 radical (unpaired) electrons. The van der Waals surface area contributed by atoms with Gasteiger partial charge in [0.15, 0.2) is 0 Å². The minimum absolute atomic E-state index is 0.0428. The topological polar surface area (TPSA) is 93.1 Å². The lowest BCUT2D eigenvalue weighted by Crippen LogP contribution is -2.36. The zero-order valence-corrected chi connectivity index (χ0v) is 17.4. The Bertz CT molecular complexity index is 1160. The van der Waals surface area contributed by atoms with Crippen LogP contribution in [0.4, 0.5) is 0 Å². The average molecular weight is 431 g/mol. The van der Waals surface area contributed by atoms with Gasteiger partial charge in [-0.15, -0.1) is 0 Å². The van der Waals surface area contributed by atoms with Gasteiger partial charge in [-0.1, -0.05) is 42.5 Å². The first kappa shape index (κ1) is 21.3. The SMILES string of the molecule is COc1ccc(COC[C@H](c2ccccc2)N2C(=O)c3ccc(C(=O)O)cc3C2=O)cc1. The van der Waals surface area contributed by atoms with Crippen LogP contribution in [0.2, 0.25) is 0 Å². The molecular formula is C25H21NO6. The summed E-state index contributed by atoms with van der Waals surface area (Å²) in [7, 11) is 1.59. The van der Waals surface area contributed by atoms with Crippen molar-refractivity contribution in [2.75, 3.05) is 13.7 Å². The second-order valence-corrected chi connectivity index (χ2v) is 7.34. The van der Waals surface area contributed by atoms with Gasteiger partial charge in [-0.25, -0.2) is 4.79 Å². The van der Waals surface area contributed by atoms with E-state index in [2.05, 4.69) is 0 Å². The zero-order valence-electron chi connectivity index (χ0n) is 17.4.